The Morgan fingerprint density at radius 2 is 1.88 bits per heavy atom. The monoisotopic (exact) mass is 342 g/mol. The van der Waals surface area contributed by atoms with Gasteiger partial charge in [0.2, 0.25) is 5.91 Å². The molecule has 3 N–H and O–H groups in total. The topological polar surface area (TPSA) is 87.7 Å². The van der Waals surface area contributed by atoms with E-state index < -0.39 is 5.97 Å². The Balaban J connectivity index is 1.78. The summed E-state index contributed by atoms with van der Waals surface area (Å²) in [5, 5.41) is 15.8. The molecule has 2 aromatic carbocycles. The van der Waals surface area contributed by atoms with E-state index in [1.165, 1.54) is 12.1 Å². The maximum absolute atomic E-state index is 11.9. The molecule has 6 nitrogen and oxygen atoms in total. The Hall–Kier alpha value is -2.86. The van der Waals surface area contributed by atoms with Gasteiger partial charge in [0.25, 0.3) is 0 Å². The molecular weight excluding hydrogens is 320 g/mol. The Bertz CT molecular complexity index is 717. The Morgan fingerprint density at radius 1 is 1.12 bits per heavy atom. The van der Waals surface area contributed by atoms with Crippen LogP contribution in [0.1, 0.15) is 29.3 Å². The van der Waals surface area contributed by atoms with Crippen molar-refractivity contribution >= 4 is 17.6 Å². The molecule has 0 saturated carbocycles. The van der Waals surface area contributed by atoms with Gasteiger partial charge in [-0.3, -0.25) is 4.79 Å². The van der Waals surface area contributed by atoms with Crippen LogP contribution in [0.3, 0.4) is 0 Å². The van der Waals surface area contributed by atoms with Crippen molar-refractivity contribution in [1.82, 2.24) is 5.32 Å². The fourth-order valence-corrected chi connectivity index (χ4v) is 2.24. The molecule has 132 valence electrons. The van der Waals surface area contributed by atoms with Gasteiger partial charge in [0.05, 0.1) is 6.61 Å². The van der Waals surface area contributed by atoms with Crippen LogP contribution in [0.15, 0.2) is 48.5 Å². The second-order valence-corrected chi connectivity index (χ2v) is 5.41. The van der Waals surface area contributed by atoms with Gasteiger partial charge < -0.3 is 20.5 Å². The molecule has 0 aromatic heterocycles. The number of anilines is 1. The molecule has 6 heteroatoms. The number of carbonyl (C=O) groups excluding carboxylic acids is 2. The van der Waals surface area contributed by atoms with Gasteiger partial charge >= 0.3 is 5.97 Å². The molecular formula is C19H22N2O4. The number of benzene rings is 2. The first-order chi connectivity index (χ1) is 12.1. The van der Waals surface area contributed by atoms with Gasteiger partial charge in [0.1, 0.15) is 11.3 Å². The molecule has 2 aromatic rings. The lowest BCUT2D eigenvalue weighted by Gasteiger charge is -2.09. The number of ether oxygens (including phenoxy) is 1. The molecule has 0 aliphatic heterocycles. The average molecular weight is 342 g/mol. The van der Waals surface area contributed by atoms with Gasteiger partial charge in [-0.2, -0.15) is 0 Å². The third kappa shape index (κ3) is 5.93. The van der Waals surface area contributed by atoms with E-state index in [1.807, 2.05) is 30.3 Å². The number of hydrogen-bond acceptors (Lipinski definition) is 5. The van der Waals surface area contributed by atoms with Crippen LogP contribution in [0, 0.1) is 0 Å². The van der Waals surface area contributed by atoms with E-state index in [1.54, 1.807) is 13.0 Å². The standard InChI is InChI=1S/C19H22N2O4/c1-2-25-19(24)16-9-8-15(12-17(16)22)21-18(23)10-11-20-13-14-6-4-3-5-7-14/h3-9,12,20,22H,2,10-11,13H2,1H3,(H,21,23). The van der Waals surface area contributed by atoms with Crippen LogP contribution in [-0.2, 0) is 16.1 Å². The Morgan fingerprint density at radius 3 is 2.56 bits per heavy atom. The summed E-state index contributed by atoms with van der Waals surface area (Å²) in [6.45, 7) is 3.15. The van der Waals surface area contributed by atoms with Gasteiger partial charge in [0, 0.05) is 31.3 Å². The summed E-state index contributed by atoms with van der Waals surface area (Å²) in [5.41, 5.74) is 1.66. The molecule has 0 atom stereocenters. The zero-order valence-corrected chi connectivity index (χ0v) is 14.1. The normalized spacial score (nSPS) is 10.3. The number of phenolic OH excluding ortho intramolecular Hbond substituents is 1. The highest BCUT2D eigenvalue weighted by atomic mass is 16.5. The number of nitrogens with one attached hydrogen (secondary N) is 2. The number of esters is 1. The molecule has 1 amide bonds. The summed E-state index contributed by atoms with van der Waals surface area (Å²) < 4.78 is 4.84. The summed E-state index contributed by atoms with van der Waals surface area (Å²) in [5.74, 6) is -0.995. The molecule has 0 bridgehead atoms. The maximum Gasteiger partial charge on any atom is 0.341 e. The summed E-state index contributed by atoms with van der Waals surface area (Å²) in [6, 6.07) is 14.2. The number of carbonyl (C=O) groups is 2. The van der Waals surface area contributed by atoms with E-state index in [-0.39, 0.29) is 23.8 Å². The first-order valence-corrected chi connectivity index (χ1v) is 8.14. The summed E-state index contributed by atoms with van der Waals surface area (Å²) in [7, 11) is 0. The van der Waals surface area contributed by atoms with Crippen LogP contribution in [0.5, 0.6) is 5.75 Å². The third-order valence-electron chi connectivity index (χ3n) is 3.48. The molecule has 0 aliphatic rings. The summed E-state index contributed by atoms with van der Waals surface area (Å²) >= 11 is 0. The number of amides is 1. The molecule has 0 saturated heterocycles. The van der Waals surface area contributed by atoms with E-state index >= 15 is 0 Å². The second-order valence-electron chi connectivity index (χ2n) is 5.41. The Labute approximate surface area is 146 Å². The minimum Gasteiger partial charge on any atom is -0.507 e. The van der Waals surface area contributed by atoms with Gasteiger partial charge in [-0.05, 0) is 24.6 Å². The van der Waals surface area contributed by atoms with Crippen LogP contribution in [0.4, 0.5) is 5.69 Å². The maximum atomic E-state index is 11.9. The fourth-order valence-electron chi connectivity index (χ4n) is 2.24. The molecule has 0 radical (unpaired) electrons. The van der Waals surface area contributed by atoms with Gasteiger partial charge in [-0.25, -0.2) is 4.79 Å². The largest absolute Gasteiger partial charge is 0.507 e. The van der Waals surface area contributed by atoms with Crippen molar-refractivity contribution < 1.29 is 19.4 Å². The van der Waals surface area contributed by atoms with Crippen LogP contribution in [-0.4, -0.2) is 30.1 Å². The number of phenols is 1. The first-order valence-electron chi connectivity index (χ1n) is 8.14. The van der Waals surface area contributed by atoms with Crippen LogP contribution < -0.4 is 10.6 Å². The van der Waals surface area contributed by atoms with Crippen LogP contribution in [0.2, 0.25) is 0 Å². The molecule has 0 heterocycles. The predicted octanol–water partition coefficient (Wildman–Crippen LogP) is 2.69. The molecule has 0 unspecified atom stereocenters. The van der Waals surface area contributed by atoms with Gasteiger partial charge in [0.15, 0.2) is 0 Å². The number of aromatic hydroxyl groups is 1. The molecule has 0 fully saturated rings. The van der Waals surface area contributed by atoms with Crippen LogP contribution in [0.25, 0.3) is 0 Å². The van der Waals surface area contributed by atoms with E-state index in [9.17, 15) is 14.7 Å². The van der Waals surface area contributed by atoms with E-state index in [2.05, 4.69) is 10.6 Å². The predicted molar refractivity (Wildman–Crippen MR) is 95.5 cm³/mol. The Kier molecular flexibility index (Phi) is 6.98. The van der Waals surface area contributed by atoms with Gasteiger partial charge in [-0.1, -0.05) is 30.3 Å². The highest BCUT2D eigenvalue weighted by Crippen LogP contribution is 2.22. The lowest BCUT2D eigenvalue weighted by Crippen LogP contribution is -2.21. The van der Waals surface area contributed by atoms with Crippen molar-refractivity contribution in [2.45, 2.75) is 19.9 Å². The fraction of sp³-hybridized carbons (Fsp3) is 0.263. The van der Waals surface area contributed by atoms with E-state index in [0.29, 0.717) is 25.2 Å². The summed E-state index contributed by atoms with van der Waals surface area (Å²) in [6.07, 6.45) is 0.299. The SMILES string of the molecule is CCOC(=O)c1ccc(NC(=O)CCNCc2ccccc2)cc1O. The van der Waals surface area contributed by atoms with E-state index in [4.69, 9.17) is 4.74 Å². The minimum absolute atomic E-state index is 0.0735. The van der Waals surface area contributed by atoms with Crippen molar-refractivity contribution in [3.8, 4) is 5.75 Å². The van der Waals surface area contributed by atoms with Crippen molar-refractivity contribution in [3.05, 3.63) is 59.7 Å². The van der Waals surface area contributed by atoms with Gasteiger partial charge in [-0.15, -0.1) is 0 Å². The quantitative estimate of drug-likeness (QED) is 0.507. The zero-order chi connectivity index (χ0) is 18.1. The molecule has 25 heavy (non-hydrogen) atoms. The highest BCUT2D eigenvalue weighted by Gasteiger charge is 2.13. The summed E-state index contributed by atoms with van der Waals surface area (Å²) in [4.78, 5) is 23.5. The van der Waals surface area contributed by atoms with Crippen molar-refractivity contribution in [3.63, 3.8) is 0 Å². The molecule has 0 aliphatic carbocycles. The van der Waals surface area contributed by atoms with Crippen molar-refractivity contribution in [2.75, 3.05) is 18.5 Å². The lowest BCUT2D eigenvalue weighted by atomic mass is 10.2. The molecule has 2 rings (SSSR count). The minimum atomic E-state index is -0.594. The average Bonchev–Trinajstić information content (AvgIpc) is 2.60. The highest BCUT2D eigenvalue weighted by molar-refractivity contribution is 5.95. The third-order valence-corrected chi connectivity index (χ3v) is 3.48. The second kappa shape index (κ2) is 9.44. The van der Waals surface area contributed by atoms with E-state index in [0.717, 1.165) is 5.56 Å². The van der Waals surface area contributed by atoms with Crippen LogP contribution >= 0.6 is 0 Å². The number of hydrogen-bond donors (Lipinski definition) is 3. The molecule has 0 spiro atoms. The smallest absolute Gasteiger partial charge is 0.341 e. The number of rotatable bonds is 8. The zero-order valence-electron chi connectivity index (χ0n) is 14.1. The van der Waals surface area contributed by atoms with Crippen molar-refractivity contribution in [2.24, 2.45) is 0 Å². The van der Waals surface area contributed by atoms with Crippen molar-refractivity contribution in [1.29, 1.82) is 0 Å². The first kappa shape index (κ1) is 18.5. The lowest BCUT2D eigenvalue weighted by molar-refractivity contribution is -0.116.